The lowest BCUT2D eigenvalue weighted by Gasteiger charge is -2.56. The van der Waals surface area contributed by atoms with Gasteiger partial charge in [0.25, 0.3) is 0 Å². The first-order valence-electron chi connectivity index (χ1n) is 10.7. The van der Waals surface area contributed by atoms with E-state index in [9.17, 15) is 0 Å². The highest BCUT2D eigenvalue weighted by molar-refractivity contribution is 5.64. The van der Waals surface area contributed by atoms with Crippen LogP contribution in [-0.2, 0) is 5.54 Å². The Morgan fingerprint density at radius 2 is 1.76 bits per heavy atom. The van der Waals surface area contributed by atoms with E-state index < -0.39 is 0 Å². The molecular formula is C23H27N5O. The van der Waals surface area contributed by atoms with Crippen LogP contribution in [-0.4, -0.2) is 31.7 Å². The first-order valence-corrected chi connectivity index (χ1v) is 10.7. The van der Waals surface area contributed by atoms with Crippen molar-refractivity contribution in [1.82, 2.24) is 24.5 Å². The highest BCUT2D eigenvalue weighted by Crippen LogP contribution is 2.58. The minimum Gasteiger partial charge on any atom is -0.495 e. The maximum absolute atomic E-state index is 5.67. The van der Waals surface area contributed by atoms with E-state index in [-0.39, 0.29) is 5.54 Å². The van der Waals surface area contributed by atoms with Crippen molar-refractivity contribution in [2.75, 3.05) is 7.11 Å². The maximum Gasteiger partial charge on any atom is 0.143 e. The van der Waals surface area contributed by atoms with Crippen molar-refractivity contribution >= 4 is 0 Å². The predicted molar refractivity (Wildman–Crippen MR) is 110 cm³/mol. The Morgan fingerprint density at radius 1 is 1.03 bits per heavy atom. The molecule has 4 aliphatic carbocycles. The Morgan fingerprint density at radius 3 is 2.38 bits per heavy atom. The molecular weight excluding hydrogens is 362 g/mol. The van der Waals surface area contributed by atoms with Gasteiger partial charge in [-0.1, -0.05) is 11.3 Å². The zero-order valence-electron chi connectivity index (χ0n) is 17.1. The number of ether oxygens (including phenoxy) is 1. The molecule has 0 spiro atoms. The van der Waals surface area contributed by atoms with E-state index in [1.165, 1.54) is 38.5 Å². The highest BCUT2D eigenvalue weighted by atomic mass is 16.5. The number of aromatic nitrogens is 5. The number of aryl methyl sites for hydroxylation is 1. The summed E-state index contributed by atoms with van der Waals surface area (Å²) in [6.07, 6.45) is 14.1. The standard InChI is InChI=1S/C23H27N5O/c1-15-12-27(14-24-15)21-4-3-19(8-22(21)29-2)20-13-28(26-25-20)23-9-16-5-17(10-23)7-18(6-16)11-23/h3-4,8,12-14,16-18H,5-7,9-11H2,1-2H3. The smallest absolute Gasteiger partial charge is 0.143 e. The Labute approximate surface area is 170 Å². The number of methoxy groups -OCH3 is 1. The van der Waals surface area contributed by atoms with Gasteiger partial charge in [0.15, 0.2) is 0 Å². The zero-order valence-corrected chi connectivity index (χ0v) is 17.1. The van der Waals surface area contributed by atoms with Crippen molar-refractivity contribution in [3.05, 3.63) is 42.6 Å². The molecule has 150 valence electrons. The molecule has 4 fully saturated rings. The van der Waals surface area contributed by atoms with Crippen molar-refractivity contribution in [3.63, 3.8) is 0 Å². The number of imidazole rings is 1. The molecule has 3 aromatic rings. The van der Waals surface area contributed by atoms with Gasteiger partial charge in [-0.05, 0) is 75.3 Å². The minimum atomic E-state index is 0.207. The maximum atomic E-state index is 5.67. The van der Waals surface area contributed by atoms with Crippen molar-refractivity contribution in [3.8, 4) is 22.7 Å². The van der Waals surface area contributed by atoms with Gasteiger partial charge in [-0.2, -0.15) is 0 Å². The van der Waals surface area contributed by atoms with Gasteiger partial charge < -0.3 is 9.30 Å². The van der Waals surface area contributed by atoms with E-state index in [1.807, 2.05) is 24.0 Å². The SMILES string of the molecule is COc1cc(-c2cn(C34CC5CC(CC(C5)C3)C4)nn2)ccc1-n1cnc(C)c1. The summed E-state index contributed by atoms with van der Waals surface area (Å²) in [6.45, 7) is 1.99. The van der Waals surface area contributed by atoms with Crippen LogP contribution >= 0.6 is 0 Å². The fourth-order valence-corrected chi connectivity index (χ4v) is 6.58. The van der Waals surface area contributed by atoms with Gasteiger partial charge in [0.2, 0.25) is 0 Å². The van der Waals surface area contributed by atoms with Crippen LogP contribution in [0.15, 0.2) is 36.9 Å². The van der Waals surface area contributed by atoms with E-state index in [0.717, 1.165) is 46.1 Å². The molecule has 0 aliphatic heterocycles. The predicted octanol–water partition coefficient (Wildman–Crippen LogP) is 4.37. The van der Waals surface area contributed by atoms with E-state index in [2.05, 4.69) is 44.4 Å². The molecule has 29 heavy (non-hydrogen) atoms. The van der Waals surface area contributed by atoms with E-state index in [1.54, 1.807) is 7.11 Å². The van der Waals surface area contributed by atoms with Crippen LogP contribution in [0.3, 0.4) is 0 Å². The normalized spacial score (nSPS) is 30.1. The summed E-state index contributed by atoms with van der Waals surface area (Å²) in [6, 6.07) is 6.22. The lowest BCUT2D eigenvalue weighted by atomic mass is 9.53. The average Bonchev–Trinajstić information content (AvgIpc) is 3.36. The molecule has 4 aliphatic rings. The van der Waals surface area contributed by atoms with Crippen LogP contribution in [0.4, 0.5) is 0 Å². The second-order valence-corrected chi connectivity index (χ2v) is 9.50. The van der Waals surface area contributed by atoms with Crippen molar-refractivity contribution in [2.45, 2.75) is 51.0 Å². The topological polar surface area (TPSA) is 57.8 Å². The summed E-state index contributed by atoms with van der Waals surface area (Å²) < 4.78 is 9.88. The molecule has 1 aromatic carbocycles. The number of hydrogen-bond acceptors (Lipinski definition) is 4. The van der Waals surface area contributed by atoms with Crippen molar-refractivity contribution < 1.29 is 4.74 Å². The van der Waals surface area contributed by atoms with E-state index in [4.69, 9.17) is 4.74 Å². The summed E-state index contributed by atoms with van der Waals surface area (Å²) >= 11 is 0. The lowest BCUT2D eigenvalue weighted by molar-refractivity contribution is -0.0502. The molecule has 0 radical (unpaired) electrons. The molecule has 0 N–H and O–H groups in total. The van der Waals surface area contributed by atoms with Gasteiger partial charge in [0.05, 0.1) is 36.6 Å². The fraction of sp³-hybridized carbons (Fsp3) is 0.522. The monoisotopic (exact) mass is 389 g/mol. The molecule has 6 heteroatoms. The summed E-state index contributed by atoms with van der Waals surface area (Å²) in [5, 5.41) is 9.20. The van der Waals surface area contributed by atoms with Gasteiger partial charge in [0, 0.05) is 11.8 Å². The van der Waals surface area contributed by atoms with Crippen LogP contribution in [0, 0.1) is 24.7 Å². The molecule has 0 amide bonds. The number of nitrogens with zero attached hydrogens (tertiary/aromatic N) is 5. The third-order valence-corrected chi connectivity index (χ3v) is 7.45. The molecule has 7 rings (SSSR count). The Balaban J connectivity index is 1.34. The Bertz CT molecular complexity index is 1030. The highest BCUT2D eigenvalue weighted by Gasteiger charge is 2.52. The third kappa shape index (κ3) is 2.72. The van der Waals surface area contributed by atoms with Gasteiger partial charge in [-0.25, -0.2) is 9.67 Å². The molecule has 0 unspecified atom stereocenters. The zero-order chi connectivity index (χ0) is 19.6. The van der Waals surface area contributed by atoms with Crippen LogP contribution in [0.25, 0.3) is 16.9 Å². The summed E-state index contributed by atoms with van der Waals surface area (Å²) in [5.74, 6) is 3.50. The summed E-state index contributed by atoms with van der Waals surface area (Å²) in [7, 11) is 1.71. The van der Waals surface area contributed by atoms with E-state index >= 15 is 0 Å². The third-order valence-electron chi connectivity index (χ3n) is 7.45. The molecule has 0 atom stereocenters. The van der Waals surface area contributed by atoms with Crippen LogP contribution in [0.5, 0.6) is 5.75 Å². The van der Waals surface area contributed by atoms with Crippen LogP contribution in [0.2, 0.25) is 0 Å². The average molecular weight is 390 g/mol. The number of benzene rings is 1. The first-order chi connectivity index (χ1) is 14.1. The largest absolute Gasteiger partial charge is 0.495 e. The molecule has 0 saturated heterocycles. The second kappa shape index (κ2) is 6.18. The molecule has 2 heterocycles. The van der Waals surface area contributed by atoms with Gasteiger partial charge in [-0.3, -0.25) is 0 Å². The van der Waals surface area contributed by atoms with Crippen LogP contribution < -0.4 is 4.74 Å². The van der Waals surface area contributed by atoms with Gasteiger partial charge in [-0.15, -0.1) is 5.10 Å². The molecule has 2 aromatic heterocycles. The van der Waals surface area contributed by atoms with Crippen molar-refractivity contribution in [2.24, 2.45) is 17.8 Å². The van der Waals surface area contributed by atoms with Gasteiger partial charge >= 0.3 is 0 Å². The Hall–Kier alpha value is -2.63. The van der Waals surface area contributed by atoms with Crippen LogP contribution in [0.1, 0.15) is 44.2 Å². The lowest BCUT2D eigenvalue weighted by Crippen LogP contribution is -2.52. The molecule has 4 saturated carbocycles. The van der Waals surface area contributed by atoms with Gasteiger partial charge in [0.1, 0.15) is 11.4 Å². The first kappa shape index (κ1) is 17.2. The Kier molecular flexibility index (Phi) is 3.68. The summed E-state index contributed by atoms with van der Waals surface area (Å²) in [5.41, 5.74) is 4.13. The number of hydrogen-bond donors (Lipinski definition) is 0. The van der Waals surface area contributed by atoms with Crippen molar-refractivity contribution in [1.29, 1.82) is 0 Å². The molecule has 4 bridgehead atoms. The molecule has 6 nitrogen and oxygen atoms in total. The minimum absolute atomic E-state index is 0.207. The summed E-state index contributed by atoms with van der Waals surface area (Å²) in [4.78, 5) is 4.32. The van der Waals surface area contributed by atoms with E-state index in [0.29, 0.717) is 0 Å². The number of rotatable bonds is 4. The fourth-order valence-electron chi connectivity index (χ4n) is 6.58. The second-order valence-electron chi connectivity index (χ2n) is 9.50. The quantitative estimate of drug-likeness (QED) is 0.665.